The van der Waals surface area contributed by atoms with E-state index < -0.39 is 0 Å². The molecule has 4 nitrogen and oxygen atoms in total. The SMILES string of the molecule is CC1CCN(CCC(=O)N(C)CCCN)C(C)C1. The lowest BCUT2D eigenvalue weighted by molar-refractivity contribution is -0.130. The zero-order chi connectivity index (χ0) is 13.5. The van der Waals surface area contributed by atoms with E-state index in [4.69, 9.17) is 5.73 Å². The molecule has 0 aromatic heterocycles. The summed E-state index contributed by atoms with van der Waals surface area (Å²) in [5.74, 6) is 1.08. The maximum atomic E-state index is 11.9. The first-order valence-corrected chi connectivity index (χ1v) is 7.22. The Kier molecular flexibility index (Phi) is 6.65. The van der Waals surface area contributed by atoms with Gasteiger partial charge in [-0.2, -0.15) is 0 Å². The van der Waals surface area contributed by atoms with Gasteiger partial charge in [-0.1, -0.05) is 6.92 Å². The van der Waals surface area contributed by atoms with Crippen LogP contribution in [-0.2, 0) is 4.79 Å². The molecule has 1 fully saturated rings. The normalized spacial score (nSPS) is 25.1. The van der Waals surface area contributed by atoms with Crippen molar-refractivity contribution in [1.82, 2.24) is 9.80 Å². The Morgan fingerprint density at radius 2 is 2.17 bits per heavy atom. The average Bonchev–Trinajstić information content (AvgIpc) is 2.34. The summed E-state index contributed by atoms with van der Waals surface area (Å²) in [6, 6.07) is 0.621. The molecule has 1 heterocycles. The van der Waals surface area contributed by atoms with Gasteiger partial charge in [0, 0.05) is 32.6 Å². The van der Waals surface area contributed by atoms with E-state index >= 15 is 0 Å². The van der Waals surface area contributed by atoms with E-state index in [0.29, 0.717) is 19.0 Å². The second-order valence-electron chi connectivity index (χ2n) is 5.72. The summed E-state index contributed by atoms with van der Waals surface area (Å²) < 4.78 is 0. The van der Waals surface area contributed by atoms with Crippen LogP contribution in [0.15, 0.2) is 0 Å². The quantitative estimate of drug-likeness (QED) is 0.778. The van der Waals surface area contributed by atoms with Crippen molar-refractivity contribution < 1.29 is 4.79 Å². The van der Waals surface area contributed by atoms with E-state index in [9.17, 15) is 4.79 Å². The highest BCUT2D eigenvalue weighted by Crippen LogP contribution is 2.22. The first kappa shape index (κ1) is 15.4. The van der Waals surface area contributed by atoms with Crippen molar-refractivity contribution in [2.45, 2.75) is 45.6 Å². The van der Waals surface area contributed by atoms with Gasteiger partial charge in [0.05, 0.1) is 0 Å². The Balaban J connectivity index is 2.25. The molecule has 1 aliphatic heterocycles. The minimum atomic E-state index is 0.245. The van der Waals surface area contributed by atoms with E-state index in [1.807, 2.05) is 11.9 Å². The maximum Gasteiger partial charge on any atom is 0.223 e. The topological polar surface area (TPSA) is 49.6 Å². The number of carbonyl (C=O) groups is 1. The van der Waals surface area contributed by atoms with Gasteiger partial charge in [0.1, 0.15) is 0 Å². The molecule has 106 valence electrons. The summed E-state index contributed by atoms with van der Waals surface area (Å²) in [7, 11) is 1.87. The van der Waals surface area contributed by atoms with Crippen LogP contribution in [0.1, 0.15) is 39.5 Å². The van der Waals surface area contributed by atoms with Gasteiger partial charge in [-0.15, -0.1) is 0 Å². The second kappa shape index (κ2) is 7.74. The van der Waals surface area contributed by atoms with Gasteiger partial charge in [0.2, 0.25) is 5.91 Å². The number of nitrogens with zero attached hydrogens (tertiary/aromatic N) is 2. The molecule has 0 aromatic carbocycles. The molecule has 2 unspecified atom stereocenters. The summed E-state index contributed by atoms with van der Waals surface area (Å²) in [5.41, 5.74) is 5.45. The smallest absolute Gasteiger partial charge is 0.223 e. The van der Waals surface area contributed by atoms with Crippen molar-refractivity contribution in [2.24, 2.45) is 11.7 Å². The van der Waals surface area contributed by atoms with Crippen LogP contribution in [0.5, 0.6) is 0 Å². The lowest BCUT2D eigenvalue weighted by atomic mass is 9.93. The highest BCUT2D eigenvalue weighted by atomic mass is 16.2. The van der Waals surface area contributed by atoms with Crippen molar-refractivity contribution in [3.05, 3.63) is 0 Å². The lowest BCUT2D eigenvalue weighted by Crippen LogP contribution is -2.42. The van der Waals surface area contributed by atoms with Crippen molar-refractivity contribution in [3.8, 4) is 0 Å². The molecule has 1 rings (SSSR count). The van der Waals surface area contributed by atoms with E-state index in [2.05, 4.69) is 18.7 Å². The molecule has 2 N–H and O–H groups in total. The number of carbonyl (C=O) groups excluding carboxylic acids is 1. The number of likely N-dealkylation sites (tertiary alicyclic amines) is 1. The molecule has 0 radical (unpaired) electrons. The summed E-state index contributed by atoms with van der Waals surface area (Å²) in [6.45, 7) is 8.07. The van der Waals surface area contributed by atoms with Gasteiger partial charge in [0.15, 0.2) is 0 Å². The molecule has 1 amide bonds. The molecule has 1 aliphatic rings. The Labute approximate surface area is 111 Å². The van der Waals surface area contributed by atoms with Gasteiger partial charge >= 0.3 is 0 Å². The van der Waals surface area contributed by atoms with Crippen LogP contribution in [-0.4, -0.2) is 55.0 Å². The number of hydrogen-bond acceptors (Lipinski definition) is 3. The average molecular weight is 255 g/mol. The van der Waals surface area contributed by atoms with Crippen molar-refractivity contribution in [3.63, 3.8) is 0 Å². The van der Waals surface area contributed by atoms with Gasteiger partial charge in [-0.25, -0.2) is 0 Å². The fourth-order valence-electron chi connectivity index (χ4n) is 2.67. The van der Waals surface area contributed by atoms with Crippen molar-refractivity contribution in [1.29, 1.82) is 0 Å². The van der Waals surface area contributed by atoms with Gasteiger partial charge < -0.3 is 15.5 Å². The lowest BCUT2D eigenvalue weighted by Gasteiger charge is -2.36. The van der Waals surface area contributed by atoms with Crippen LogP contribution in [0.2, 0.25) is 0 Å². The number of rotatable bonds is 6. The Bertz CT molecular complexity index is 257. The molecule has 18 heavy (non-hydrogen) atoms. The van der Waals surface area contributed by atoms with E-state index in [1.165, 1.54) is 12.8 Å². The first-order chi connectivity index (χ1) is 8.54. The highest BCUT2D eigenvalue weighted by Gasteiger charge is 2.23. The Morgan fingerprint density at radius 3 is 2.78 bits per heavy atom. The molecule has 0 spiro atoms. The van der Waals surface area contributed by atoms with E-state index in [-0.39, 0.29) is 5.91 Å². The van der Waals surface area contributed by atoms with Crippen LogP contribution < -0.4 is 5.73 Å². The molecule has 0 bridgehead atoms. The molecular formula is C14H29N3O. The summed E-state index contributed by atoms with van der Waals surface area (Å²) >= 11 is 0. The minimum Gasteiger partial charge on any atom is -0.346 e. The fraction of sp³-hybridized carbons (Fsp3) is 0.929. The zero-order valence-corrected chi connectivity index (χ0v) is 12.2. The van der Waals surface area contributed by atoms with Gasteiger partial charge in [-0.05, 0) is 45.2 Å². The third-order valence-corrected chi connectivity index (χ3v) is 4.01. The third-order valence-electron chi connectivity index (χ3n) is 4.01. The Hall–Kier alpha value is -0.610. The molecule has 0 aliphatic carbocycles. The van der Waals surface area contributed by atoms with Crippen molar-refractivity contribution >= 4 is 5.91 Å². The van der Waals surface area contributed by atoms with Gasteiger partial charge in [0.25, 0.3) is 0 Å². The standard InChI is InChI=1S/C14H29N3O/c1-12-5-9-17(13(2)11-12)10-6-14(18)16(3)8-4-7-15/h12-13H,4-11,15H2,1-3H3. The number of hydrogen-bond donors (Lipinski definition) is 1. The maximum absolute atomic E-state index is 11.9. The van der Waals surface area contributed by atoms with Crippen LogP contribution >= 0.6 is 0 Å². The second-order valence-corrected chi connectivity index (χ2v) is 5.72. The highest BCUT2D eigenvalue weighted by molar-refractivity contribution is 5.76. The molecular weight excluding hydrogens is 226 g/mol. The first-order valence-electron chi connectivity index (χ1n) is 7.22. The number of amides is 1. The summed E-state index contributed by atoms with van der Waals surface area (Å²) in [5, 5.41) is 0. The van der Waals surface area contributed by atoms with Crippen LogP contribution in [0.4, 0.5) is 0 Å². The molecule has 4 heteroatoms. The Morgan fingerprint density at radius 1 is 1.44 bits per heavy atom. The largest absolute Gasteiger partial charge is 0.346 e. The van der Waals surface area contributed by atoms with Crippen LogP contribution in [0.3, 0.4) is 0 Å². The number of piperidine rings is 1. The van der Waals surface area contributed by atoms with Crippen LogP contribution in [0.25, 0.3) is 0 Å². The van der Waals surface area contributed by atoms with E-state index in [0.717, 1.165) is 32.0 Å². The van der Waals surface area contributed by atoms with E-state index in [1.54, 1.807) is 0 Å². The molecule has 1 saturated heterocycles. The van der Waals surface area contributed by atoms with Crippen molar-refractivity contribution in [2.75, 3.05) is 33.2 Å². The summed E-state index contributed by atoms with van der Waals surface area (Å²) in [4.78, 5) is 16.2. The molecule has 0 saturated carbocycles. The summed E-state index contributed by atoms with van der Waals surface area (Å²) in [6.07, 6.45) is 4.05. The third kappa shape index (κ3) is 4.94. The molecule has 2 atom stereocenters. The zero-order valence-electron chi connectivity index (χ0n) is 12.2. The predicted octanol–water partition coefficient (Wildman–Crippen LogP) is 1.30. The fourth-order valence-corrected chi connectivity index (χ4v) is 2.67. The van der Waals surface area contributed by atoms with Crippen LogP contribution in [0, 0.1) is 5.92 Å². The monoisotopic (exact) mass is 255 g/mol. The number of nitrogens with two attached hydrogens (primary N) is 1. The minimum absolute atomic E-state index is 0.245. The predicted molar refractivity (Wildman–Crippen MR) is 75.4 cm³/mol. The van der Waals surface area contributed by atoms with Gasteiger partial charge in [-0.3, -0.25) is 4.79 Å². The molecule has 0 aromatic rings.